The van der Waals surface area contributed by atoms with E-state index in [-0.39, 0.29) is 5.91 Å². The van der Waals surface area contributed by atoms with E-state index in [0.717, 1.165) is 27.5 Å². The fraction of sp³-hybridized carbons (Fsp3) is 0.214. The van der Waals surface area contributed by atoms with Gasteiger partial charge in [-0.1, -0.05) is 0 Å². The van der Waals surface area contributed by atoms with E-state index < -0.39 is 0 Å². The summed E-state index contributed by atoms with van der Waals surface area (Å²) in [6.45, 7) is 4.18. The van der Waals surface area contributed by atoms with Gasteiger partial charge in [-0.25, -0.2) is 0 Å². The summed E-state index contributed by atoms with van der Waals surface area (Å²) in [4.78, 5) is 12.2. The molecule has 0 unspecified atom stereocenters. The number of carbonyl (C=O) groups is 1. The van der Waals surface area contributed by atoms with Gasteiger partial charge in [0.05, 0.1) is 6.54 Å². The van der Waals surface area contributed by atoms with Crippen LogP contribution in [-0.2, 0) is 11.3 Å². The molecule has 1 aromatic carbocycles. The van der Waals surface area contributed by atoms with Crippen LogP contribution in [0.3, 0.4) is 0 Å². The number of aryl methyl sites for hydroxylation is 1. The molecule has 0 saturated carbocycles. The first-order valence-corrected chi connectivity index (χ1v) is 6.88. The average molecular weight is 275 g/mol. The molecule has 0 bridgehead atoms. The standard InChI is InChI=1S/C14H17N3OS/c1-9-7-11(3-4-13(9)17-10(2)18)16-8-14-12(15)5-6-19-14/h3-7,16H,8,15H2,1-2H3,(H,17,18). The molecule has 0 spiro atoms. The zero-order valence-electron chi connectivity index (χ0n) is 11.0. The van der Waals surface area contributed by atoms with E-state index >= 15 is 0 Å². The van der Waals surface area contributed by atoms with Crippen molar-refractivity contribution in [1.82, 2.24) is 0 Å². The summed E-state index contributed by atoms with van der Waals surface area (Å²) in [6, 6.07) is 7.76. The molecule has 2 aromatic rings. The summed E-state index contributed by atoms with van der Waals surface area (Å²) >= 11 is 1.64. The van der Waals surface area contributed by atoms with Gasteiger partial charge in [-0.05, 0) is 42.1 Å². The van der Waals surface area contributed by atoms with Crippen LogP contribution in [0.2, 0.25) is 0 Å². The van der Waals surface area contributed by atoms with Crippen molar-refractivity contribution in [3.8, 4) is 0 Å². The molecule has 4 N–H and O–H groups in total. The highest BCUT2D eigenvalue weighted by Gasteiger charge is 2.03. The van der Waals surface area contributed by atoms with E-state index in [1.165, 1.54) is 6.92 Å². The van der Waals surface area contributed by atoms with Crippen LogP contribution in [0, 0.1) is 6.92 Å². The molecule has 19 heavy (non-hydrogen) atoms. The van der Waals surface area contributed by atoms with Crippen molar-refractivity contribution in [1.29, 1.82) is 0 Å². The topological polar surface area (TPSA) is 67.2 Å². The Balaban J connectivity index is 2.04. The normalized spacial score (nSPS) is 10.2. The van der Waals surface area contributed by atoms with Crippen LogP contribution in [0.15, 0.2) is 29.6 Å². The second kappa shape index (κ2) is 5.75. The molecule has 1 aromatic heterocycles. The largest absolute Gasteiger partial charge is 0.398 e. The van der Waals surface area contributed by atoms with E-state index in [1.807, 2.05) is 36.6 Å². The Morgan fingerprint density at radius 3 is 2.74 bits per heavy atom. The van der Waals surface area contributed by atoms with Crippen molar-refractivity contribution in [2.75, 3.05) is 16.4 Å². The van der Waals surface area contributed by atoms with Crippen molar-refractivity contribution in [2.24, 2.45) is 0 Å². The number of hydrogen-bond donors (Lipinski definition) is 3. The third-order valence-electron chi connectivity index (χ3n) is 2.77. The number of benzene rings is 1. The van der Waals surface area contributed by atoms with Gasteiger partial charge in [-0.2, -0.15) is 0 Å². The summed E-state index contributed by atoms with van der Waals surface area (Å²) < 4.78 is 0. The lowest BCUT2D eigenvalue weighted by atomic mass is 10.1. The number of nitrogens with one attached hydrogen (secondary N) is 2. The molecule has 0 fully saturated rings. The molecule has 2 rings (SSSR count). The lowest BCUT2D eigenvalue weighted by Crippen LogP contribution is -2.07. The predicted molar refractivity (Wildman–Crippen MR) is 81.5 cm³/mol. The third-order valence-corrected chi connectivity index (χ3v) is 3.71. The molecule has 0 saturated heterocycles. The van der Waals surface area contributed by atoms with Crippen LogP contribution < -0.4 is 16.4 Å². The highest BCUT2D eigenvalue weighted by atomic mass is 32.1. The molecule has 1 amide bonds. The van der Waals surface area contributed by atoms with E-state index in [0.29, 0.717) is 6.54 Å². The van der Waals surface area contributed by atoms with E-state index in [2.05, 4.69) is 10.6 Å². The maximum atomic E-state index is 11.0. The van der Waals surface area contributed by atoms with Gasteiger partial charge in [0.25, 0.3) is 0 Å². The summed E-state index contributed by atoms with van der Waals surface area (Å²) in [5, 5.41) is 8.10. The summed E-state index contributed by atoms with van der Waals surface area (Å²) in [5.74, 6) is -0.0600. The second-order valence-corrected chi connectivity index (χ2v) is 5.36. The van der Waals surface area contributed by atoms with E-state index in [4.69, 9.17) is 5.73 Å². The molecule has 100 valence electrons. The molecule has 0 aliphatic heterocycles. The van der Waals surface area contributed by atoms with Crippen molar-refractivity contribution < 1.29 is 4.79 Å². The van der Waals surface area contributed by atoms with Gasteiger partial charge in [0.2, 0.25) is 5.91 Å². The maximum absolute atomic E-state index is 11.0. The third kappa shape index (κ3) is 3.48. The number of amides is 1. The number of hydrogen-bond acceptors (Lipinski definition) is 4. The Morgan fingerprint density at radius 2 is 2.16 bits per heavy atom. The Kier molecular flexibility index (Phi) is 4.06. The number of thiophene rings is 1. The number of nitrogen functional groups attached to an aromatic ring is 1. The molecule has 0 atom stereocenters. The van der Waals surface area contributed by atoms with Gasteiger partial charge in [0.15, 0.2) is 0 Å². The molecular weight excluding hydrogens is 258 g/mol. The fourth-order valence-electron chi connectivity index (χ4n) is 1.78. The first-order valence-electron chi connectivity index (χ1n) is 6.00. The van der Waals surface area contributed by atoms with Crippen molar-refractivity contribution in [2.45, 2.75) is 20.4 Å². The van der Waals surface area contributed by atoms with Crippen LogP contribution >= 0.6 is 11.3 Å². The van der Waals surface area contributed by atoms with Crippen LogP contribution in [0.4, 0.5) is 17.1 Å². The lowest BCUT2D eigenvalue weighted by Gasteiger charge is -2.10. The Morgan fingerprint density at radius 1 is 1.37 bits per heavy atom. The number of rotatable bonds is 4. The number of carbonyl (C=O) groups excluding carboxylic acids is 1. The SMILES string of the molecule is CC(=O)Nc1ccc(NCc2sccc2N)cc1C. The zero-order chi connectivity index (χ0) is 13.8. The summed E-state index contributed by atoms with van der Waals surface area (Å²) in [5.41, 5.74) is 9.54. The zero-order valence-corrected chi connectivity index (χ0v) is 11.8. The molecule has 5 heteroatoms. The van der Waals surface area contributed by atoms with Gasteiger partial charge in [-0.3, -0.25) is 4.79 Å². The highest BCUT2D eigenvalue weighted by molar-refractivity contribution is 7.10. The monoisotopic (exact) mass is 275 g/mol. The Bertz CT molecular complexity index is 592. The van der Waals surface area contributed by atoms with Crippen LogP contribution in [-0.4, -0.2) is 5.91 Å². The first kappa shape index (κ1) is 13.4. The highest BCUT2D eigenvalue weighted by Crippen LogP contribution is 2.23. The van der Waals surface area contributed by atoms with E-state index in [1.54, 1.807) is 11.3 Å². The predicted octanol–water partition coefficient (Wildman–Crippen LogP) is 3.21. The molecular formula is C14H17N3OS. The Hall–Kier alpha value is -2.01. The van der Waals surface area contributed by atoms with Crippen LogP contribution in [0.25, 0.3) is 0 Å². The van der Waals surface area contributed by atoms with Gasteiger partial charge in [0.1, 0.15) is 0 Å². The molecule has 0 aliphatic rings. The molecule has 0 aliphatic carbocycles. The smallest absolute Gasteiger partial charge is 0.221 e. The van der Waals surface area contributed by atoms with Gasteiger partial charge in [0, 0.05) is 28.9 Å². The average Bonchev–Trinajstić information content (AvgIpc) is 2.75. The van der Waals surface area contributed by atoms with Crippen molar-refractivity contribution in [3.05, 3.63) is 40.1 Å². The minimum absolute atomic E-state index is 0.0600. The van der Waals surface area contributed by atoms with E-state index in [9.17, 15) is 4.79 Å². The van der Waals surface area contributed by atoms with Crippen molar-refractivity contribution >= 4 is 34.3 Å². The van der Waals surface area contributed by atoms with Crippen LogP contribution in [0.1, 0.15) is 17.4 Å². The minimum atomic E-state index is -0.0600. The second-order valence-electron chi connectivity index (χ2n) is 4.36. The Labute approximate surface area is 116 Å². The summed E-state index contributed by atoms with van der Waals surface area (Å²) in [6.07, 6.45) is 0. The lowest BCUT2D eigenvalue weighted by molar-refractivity contribution is -0.114. The molecule has 4 nitrogen and oxygen atoms in total. The van der Waals surface area contributed by atoms with Gasteiger partial charge < -0.3 is 16.4 Å². The van der Waals surface area contributed by atoms with Gasteiger partial charge in [-0.15, -0.1) is 11.3 Å². The maximum Gasteiger partial charge on any atom is 0.221 e. The van der Waals surface area contributed by atoms with Crippen molar-refractivity contribution in [3.63, 3.8) is 0 Å². The first-order chi connectivity index (χ1) is 9.06. The minimum Gasteiger partial charge on any atom is -0.398 e. The van der Waals surface area contributed by atoms with Crippen LogP contribution in [0.5, 0.6) is 0 Å². The summed E-state index contributed by atoms with van der Waals surface area (Å²) in [7, 11) is 0. The fourth-order valence-corrected chi connectivity index (χ4v) is 2.52. The number of nitrogens with two attached hydrogens (primary N) is 1. The molecule has 0 radical (unpaired) electrons. The number of anilines is 3. The van der Waals surface area contributed by atoms with Gasteiger partial charge >= 0.3 is 0 Å². The molecule has 1 heterocycles. The quantitative estimate of drug-likeness (QED) is 0.802.